The molecular formula is C10H11ClN4S2. The second kappa shape index (κ2) is 5.29. The van der Waals surface area contributed by atoms with Gasteiger partial charge in [-0.25, -0.2) is 4.98 Å². The smallest absolute Gasteiger partial charge is 0.176 e. The molecule has 0 bridgehead atoms. The van der Waals surface area contributed by atoms with Gasteiger partial charge in [-0.3, -0.25) is 0 Å². The summed E-state index contributed by atoms with van der Waals surface area (Å²) in [5, 5.41) is 9.30. The largest absolute Gasteiger partial charge is 0.213 e. The highest BCUT2D eigenvalue weighted by Gasteiger charge is 2.12. The number of hydrogen-bond acceptors (Lipinski definition) is 6. The molecule has 0 aliphatic carbocycles. The van der Waals surface area contributed by atoms with Gasteiger partial charge in [-0.15, -0.1) is 10.2 Å². The average molecular weight is 287 g/mol. The zero-order chi connectivity index (χ0) is 12.4. The first-order chi connectivity index (χ1) is 8.11. The quantitative estimate of drug-likeness (QED) is 0.866. The Hall–Kier alpha value is -0.720. The molecule has 4 nitrogen and oxygen atoms in total. The molecule has 0 fully saturated rings. The summed E-state index contributed by atoms with van der Waals surface area (Å²) in [4.78, 5) is 4.39. The van der Waals surface area contributed by atoms with Crippen LogP contribution in [-0.2, 0) is 6.42 Å². The van der Waals surface area contributed by atoms with E-state index in [4.69, 9.17) is 11.6 Å². The van der Waals surface area contributed by atoms with Crippen molar-refractivity contribution in [1.29, 1.82) is 0 Å². The fourth-order valence-corrected chi connectivity index (χ4v) is 3.04. The molecular weight excluding hydrogens is 276 g/mol. The standard InChI is InChI=1S/C10H11ClN4S2/c1-4-7-12-10(17-15-7)16-9-6(3)5(2)8(11)13-14-9/h4H2,1-3H3. The summed E-state index contributed by atoms with van der Waals surface area (Å²) in [7, 11) is 0. The molecule has 0 spiro atoms. The van der Waals surface area contributed by atoms with E-state index >= 15 is 0 Å². The van der Waals surface area contributed by atoms with Gasteiger partial charge in [-0.1, -0.05) is 18.5 Å². The predicted molar refractivity (Wildman–Crippen MR) is 69.9 cm³/mol. The van der Waals surface area contributed by atoms with E-state index in [9.17, 15) is 0 Å². The van der Waals surface area contributed by atoms with E-state index in [1.165, 1.54) is 23.3 Å². The fourth-order valence-electron chi connectivity index (χ4n) is 1.16. The molecule has 17 heavy (non-hydrogen) atoms. The van der Waals surface area contributed by atoms with Crippen molar-refractivity contribution in [3.63, 3.8) is 0 Å². The van der Waals surface area contributed by atoms with E-state index in [1.54, 1.807) is 0 Å². The summed E-state index contributed by atoms with van der Waals surface area (Å²) in [6, 6.07) is 0. The van der Waals surface area contributed by atoms with Crippen LogP contribution < -0.4 is 0 Å². The highest BCUT2D eigenvalue weighted by atomic mass is 35.5. The molecule has 0 unspecified atom stereocenters. The van der Waals surface area contributed by atoms with E-state index in [0.29, 0.717) is 5.15 Å². The zero-order valence-electron chi connectivity index (χ0n) is 9.69. The third kappa shape index (κ3) is 2.75. The van der Waals surface area contributed by atoms with Crippen molar-refractivity contribution in [3.8, 4) is 0 Å². The normalized spacial score (nSPS) is 10.8. The third-order valence-corrected chi connectivity index (χ3v) is 4.60. The van der Waals surface area contributed by atoms with Gasteiger partial charge >= 0.3 is 0 Å². The maximum Gasteiger partial charge on any atom is 0.176 e. The Morgan fingerprint density at radius 1 is 1.24 bits per heavy atom. The lowest BCUT2D eigenvalue weighted by atomic mass is 10.2. The SMILES string of the molecule is CCc1nsc(Sc2nnc(Cl)c(C)c2C)n1. The number of aryl methyl sites for hydroxylation is 1. The minimum atomic E-state index is 0.457. The lowest BCUT2D eigenvalue weighted by molar-refractivity contribution is 0.889. The first kappa shape index (κ1) is 12.7. The molecule has 0 radical (unpaired) electrons. The summed E-state index contributed by atoms with van der Waals surface area (Å²) >= 11 is 8.78. The number of nitrogens with zero attached hydrogens (tertiary/aromatic N) is 4. The van der Waals surface area contributed by atoms with Gasteiger partial charge in [0.05, 0.1) is 0 Å². The van der Waals surface area contributed by atoms with Crippen LogP contribution in [0.15, 0.2) is 9.37 Å². The van der Waals surface area contributed by atoms with Gasteiger partial charge in [0.1, 0.15) is 10.9 Å². The van der Waals surface area contributed by atoms with E-state index in [-0.39, 0.29) is 0 Å². The molecule has 2 aromatic rings. The molecule has 0 saturated carbocycles. The van der Waals surface area contributed by atoms with Crippen molar-refractivity contribution in [1.82, 2.24) is 19.6 Å². The van der Waals surface area contributed by atoms with Crippen molar-refractivity contribution < 1.29 is 0 Å². The van der Waals surface area contributed by atoms with Gasteiger partial charge in [0, 0.05) is 6.42 Å². The molecule has 0 aliphatic rings. The molecule has 0 aromatic carbocycles. The zero-order valence-corrected chi connectivity index (χ0v) is 12.1. The molecule has 2 aromatic heterocycles. The highest BCUT2D eigenvalue weighted by Crippen LogP contribution is 2.31. The maximum absolute atomic E-state index is 5.91. The average Bonchev–Trinajstić information content (AvgIpc) is 2.78. The van der Waals surface area contributed by atoms with Crippen LogP contribution in [0.5, 0.6) is 0 Å². The number of rotatable bonds is 3. The van der Waals surface area contributed by atoms with Crippen molar-refractivity contribution in [2.75, 3.05) is 0 Å². The first-order valence-electron chi connectivity index (χ1n) is 5.11. The lowest BCUT2D eigenvalue weighted by Gasteiger charge is -2.05. The van der Waals surface area contributed by atoms with E-state index in [0.717, 1.165) is 32.7 Å². The second-order valence-electron chi connectivity index (χ2n) is 3.48. The molecule has 2 heterocycles. The molecule has 0 amide bonds. The van der Waals surface area contributed by atoms with Crippen LogP contribution in [-0.4, -0.2) is 19.6 Å². The van der Waals surface area contributed by atoms with Crippen LogP contribution in [0.1, 0.15) is 23.9 Å². The summed E-state index contributed by atoms with van der Waals surface area (Å²) in [6.45, 7) is 5.96. The van der Waals surface area contributed by atoms with Crippen LogP contribution in [0.3, 0.4) is 0 Å². The number of hydrogen-bond donors (Lipinski definition) is 0. The Kier molecular flexibility index (Phi) is 3.96. The monoisotopic (exact) mass is 286 g/mol. The van der Waals surface area contributed by atoms with Crippen LogP contribution in [0.2, 0.25) is 5.15 Å². The summed E-state index contributed by atoms with van der Waals surface area (Å²) in [5.74, 6) is 0.869. The van der Waals surface area contributed by atoms with Gasteiger partial charge in [0.2, 0.25) is 0 Å². The lowest BCUT2D eigenvalue weighted by Crippen LogP contribution is -1.95. The Bertz CT molecular complexity index is 541. The van der Waals surface area contributed by atoms with Gasteiger partial charge in [-0.2, -0.15) is 4.37 Å². The minimum absolute atomic E-state index is 0.457. The van der Waals surface area contributed by atoms with Gasteiger partial charge < -0.3 is 0 Å². The summed E-state index contributed by atoms with van der Waals surface area (Å²) in [5.41, 5.74) is 2.01. The van der Waals surface area contributed by atoms with Crippen LogP contribution in [0, 0.1) is 13.8 Å². The Morgan fingerprint density at radius 3 is 2.65 bits per heavy atom. The van der Waals surface area contributed by atoms with Crippen molar-refractivity contribution in [2.45, 2.75) is 36.6 Å². The summed E-state index contributed by atoms with van der Waals surface area (Å²) < 4.78 is 5.13. The predicted octanol–water partition coefficient (Wildman–Crippen LogP) is 3.31. The van der Waals surface area contributed by atoms with Crippen molar-refractivity contribution in [2.24, 2.45) is 0 Å². The van der Waals surface area contributed by atoms with Crippen molar-refractivity contribution in [3.05, 3.63) is 22.1 Å². The van der Waals surface area contributed by atoms with Crippen LogP contribution in [0.25, 0.3) is 0 Å². The highest BCUT2D eigenvalue weighted by molar-refractivity contribution is 8.00. The van der Waals surface area contributed by atoms with Crippen LogP contribution in [0.4, 0.5) is 0 Å². The number of aromatic nitrogens is 4. The van der Waals surface area contributed by atoms with E-state index in [1.807, 2.05) is 20.8 Å². The van der Waals surface area contributed by atoms with Crippen molar-refractivity contribution >= 4 is 34.9 Å². The maximum atomic E-state index is 5.91. The Labute approximate surface area is 113 Å². The van der Waals surface area contributed by atoms with E-state index in [2.05, 4.69) is 19.6 Å². The number of halogens is 1. The first-order valence-corrected chi connectivity index (χ1v) is 7.08. The van der Waals surface area contributed by atoms with E-state index < -0.39 is 0 Å². The molecule has 7 heteroatoms. The molecule has 0 aliphatic heterocycles. The Balaban J connectivity index is 2.27. The Morgan fingerprint density at radius 2 is 2.00 bits per heavy atom. The van der Waals surface area contributed by atoms with Gasteiger partial charge in [-0.05, 0) is 48.3 Å². The van der Waals surface area contributed by atoms with Gasteiger partial charge in [0.25, 0.3) is 0 Å². The molecule has 0 saturated heterocycles. The molecule has 0 N–H and O–H groups in total. The molecule has 90 valence electrons. The fraction of sp³-hybridized carbons (Fsp3) is 0.400. The topological polar surface area (TPSA) is 51.6 Å². The summed E-state index contributed by atoms with van der Waals surface area (Å²) in [6.07, 6.45) is 0.849. The molecule has 2 rings (SSSR count). The molecule has 0 atom stereocenters. The van der Waals surface area contributed by atoms with Crippen LogP contribution >= 0.6 is 34.9 Å². The minimum Gasteiger partial charge on any atom is -0.213 e. The van der Waals surface area contributed by atoms with Gasteiger partial charge in [0.15, 0.2) is 9.49 Å². The second-order valence-corrected chi connectivity index (χ2v) is 5.82. The third-order valence-electron chi connectivity index (χ3n) is 2.37.